The van der Waals surface area contributed by atoms with Crippen LogP contribution in [-0.2, 0) is 6.54 Å². The van der Waals surface area contributed by atoms with E-state index < -0.39 is 0 Å². The van der Waals surface area contributed by atoms with Crippen LogP contribution in [0.1, 0.15) is 25.6 Å². The van der Waals surface area contributed by atoms with Crippen molar-refractivity contribution in [3.8, 4) is 0 Å². The Hall–Kier alpha value is -0.870. The number of nitrogens with zero attached hydrogens (tertiary/aromatic N) is 1. The maximum atomic E-state index is 7.49. The Kier molecular flexibility index (Phi) is 4.29. The quantitative estimate of drug-likeness (QED) is 0.596. The first-order valence-electron chi connectivity index (χ1n) is 5.14. The van der Waals surface area contributed by atoms with E-state index in [2.05, 4.69) is 36.3 Å². The highest BCUT2D eigenvalue weighted by Gasteiger charge is 2.19. The van der Waals surface area contributed by atoms with Gasteiger partial charge in [-0.2, -0.15) is 0 Å². The van der Waals surface area contributed by atoms with E-state index in [-0.39, 0.29) is 11.9 Å². The minimum atomic E-state index is 0.00657. The molecular weight excluding hydrogens is 206 g/mol. The zero-order chi connectivity index (χ0) is 11.4. The first-order chi connectivity index (χ1) is 7.02. The number of nitrogens with two attached hydrogens (primary N) is 1. The summed E-state index contributed by atoms with van der Waals surface area (Å²) >= 11 is 1.74. The molecule has 0 saturated carbocycles. The van der Waals surface area contributed by atoms with E-state index >= 15 is 0 Å². The van der Waals surface area contributed by atoms with Crippen LogP contribution in [0.4, 0.5) is 0 Å². The molecule has 0 spiro atoms. The van der Waals surface area contributed by atoms with Gasteiger partial charge in [-0.15, -0.1) is 11.3 Å². The van der Waals surface area contributed by atoms with Gasteiger partial charge in [-0.3, -0.25) is 10.3 Å². The monoisotopic (exact) mass is 225 g/mol. The van der Waals surface area contributed by atoms with Gasteiger partial charge in [0.2, 0.25) is 0 Å². The van der Waals surface area contributed by atoms with E-state index in [4.69, 9.17) is 11.1 Å². The third-order valence-electron chi connectivity index (χ3n) is 2.53. The fourth-order valence-electron chi connectivity index (χ4n) is 1.53. The summed E-state index contributed by atoms with van der Waals surface area (Å²) < 4.78 is 0. The van der Waals surface area contributed by atoms with Crippen molar-refractivity contribution in [3.05, 3.63) is 22.4 Å². The van der Waals surface area contributed by atoms with Crippen LogP contribution in [0.3, 0.4) is 0 Å². The van der Waals surface area contributed by atoms with Crippen molar-refractivity contribution in [2.24, 2.45) is 5.73 Å². The molecule has 0 amide bonds. The number of thiophene rings is 1. The molecule has 1 rings (SSSR count). The van der Waals surface area contributed by atoms with Gasteiger partial charge in [-0.1, -0.05) is 6.07 Å². The molecule has 1 aromatic rings. The van der Waals surface area contributed by atoms with E-state index in [1.165, 1.54) is 4.88 Å². The average molecular weight is 225 g/mol. The summed E-state index contributed by atoms with van der Waals surface area (Å²) in [6, 6.07) is 4.57. The fourth-order valence-corrected chi connectivity index (χ4v) is 2.24. The maximum absolute atomic E-state index is 7.49. The van der Waals surface area contributed by atoms with Gasteiger partial charge in [0.25, 0.3) is 0 Å². The second-order valence-electron chi connectivity index (χ2n) is 3.98. The van der Waals surface area contributed by atoms with Crippen LogP contribution in [0.2, 0.25) is 0 Å². The number of hydrogen-bond acceptors (Lipinski definition) is 3. The normalized spacial score (nSPS) is 13.4. The maximum Gasteiger partial charge on any atom is 0.108 e. The molecule has 1 aromatic heterocycles. The van der Waals surface area contributed by atoms with E-state index in [0.717, 1.165) is 6.54 Å². The summed E-state index contributed by atoms with van der Waals surface area (Å²) in [5.74, 6) is 0.236. The van der Waals surface area contributed by atoms with Crippen LogP contribution in [-0.4, -0.2) is 22.8 Å². The molecule has 0 aromatic carbocycles. The number of rotatable bonds is 5. The highest BCUT2D eigenvalue weighted by Crippen LogP contribution is 2.16. The van der Waals surface area contributed by atoms with Gasteiger partial charge < -0.3 is 5.73 Å². The Morgan fingerprint density at radius 1 is 1.53 bits per heavy atom. The molecule has 1 unspecified atom stereocenters. The molecule has 0 radical (unpaired) electrons. The van der Waals surface area contributed by atoms with Crippen LogP contribution >= 0.6 is 11.3 Å². The summed E-state index contributed by atoms with van der Waals surface area (Å²) in [5, 5.41) is 9.57. The van der Waals surface area contributed by atoms with Crippen molar-refractivity contribution >= 4 is 17.2 Å². The van der Waals surface area contributed by atoms with Crippen LogP contribution < -0.4 is 5.73 Å². The Bertz CT molecular complexity index is 306. The van der Waals surface area contributed by atoms with Crippen molar-refractivity contribution in [2.75, 3.05) is 0 Å². The number of hydrogen-bond donors (Lipinski definition) is 2. The van der Waals surface area contributed by atoms with Gasteiger partial charge in [0.05, 0.1) is 6.04 Å². The summed E-state index contributed by atoms with van der Waals surface area (Å²) in [6.45, 7) is 7.12. The molecule has 0 aliphatic carbocycles. The minimum Gasteiger partial charge on any atom is -0.386 e. The second kappa shape index (κ2) is 5.28. The Labute approximate surface area is 95.4 Å². The van der Waals surface area contributed by atoms with Gasteiger partial charge in [0.1, 0.15) is 5.84 Å². The van der Waals surface area contributed by atoms with E-state index in [1.807, 2.05) is 6.92 Å². The van der Waals surface area contributed by atoms with Crippen LogP contribution in [0.15, 0.2) is 17.5 Å². The van der Waals surface area contributed by atoms with Gasteiger partial charge in [0.15, 0.2) is 0 Å². The van der Waals surface area contributed by atoms with Gasteiger partial charge in [0, 0.05) is 17.5 Å². The highest BCUT2D eigenvalue weighted by atomic mass is 32.1. The predicted octanol–water partition coefficient (Wildman–Crippen LogP) is 2.28. The molecule has 1 atom stereocenters. The van der Waals surface area contributed by atoms with Crippen LogP contribution in [0.25, 0.3) is 0 Å². The lowest BCUT2D eigenvalue weighted by atomic mass is 10.2. The molecule has 0 fully saturated rings. The van der Waals surface area contributed by atoms with E-state index in [1.54, 1.807) is 11.3 Å². The SMILES string of the molecule is CC(C)N(Cc1cccs1)C(C)C(=N)N. The Morgan fingerprint density at radius 3 is 2.60 bits per heavy atom. The van der Waals surface area contributed by atoms with Crippen molar-refractivity contribution in [1.29, 1.82) is 5.41 Å². The highest BCUT2D eigenvalue weighted by molar-refractivity contribution is 7.09. The lowest BCUT2D eigenvalue weighted by Crippen LogP contribution is -2.45. The minimum absolute atomic E-state index is 0.00657. The molecule has 3 nitrogen and oxygen atoms in total. The van der Waals surface area contributed by atoms with Crippen molar-refractivity contribution in [1.82, 2.24) is 4.90 Å². The van der Waals surface area contributed by atoms with E-state index in [9.17, 15) is 0 Å². The largest absolute Gasteiger partial charge is 0.386 e. The lowest BCUT2D eigenvalue weighted by Gasteiger charge is -2.31. The first-order valence-corrected chi connectivity index (χ1v) is 6.02. The molecule has 84 valence electrons. The summed E-state index contributed by atoms with van der Waals surface area (Å²) in [7, 11) is 0. The van der Waals surface area contributed by atoms with Crippen LogP contribution in [0.5, 0.6) is 0 Å². The average Bonchev–Trinajstić information content (AvgIpc) is 2.64. The topological polar surface area (TPSA) is 53.1 Å². The molecule has 0 saturated heterocycles. The van der Waals surface area contributed by atoms with Gasteiger partial charge >= 0.3 is 0 Å². The molecule has 0 bridgehead atoms. The lowest BCUT2D eigenvalue weighted by molar-refractivity contribution is 0.194. The van der Waals surface area contributed by atoms with E-state index in [0.29, 0.717) is 6.04 Å². The molecule has 15 heavy (non-hydrogen) atoms. The van der Waals surface area contributed by atoms with Gasteiger partial charge in [-0.25, -0.2) is 0 Å². The van der Waals surface area contributed by atoms with Crippen molar-refractivity contribution in [2.45, 2.75) is 39.4 Å². The summed E-state index contributed by atoms with van der Waals surface area (Å²) in [5.41, 5.74) is 5.55. The second-order valence-corrected chi connectivity index (χ2v) is 5.01. The number of amidine groups is 1. The van der Waals surface area contributed by atoms with Gasteiger partial charge in [-0.05, 0) is 32.2 Å². The predicted molar refractivity (Wildman–Crippen MR) is 66.4 cm³/mol. The Morgan fingerprint density at radius 2 is 2.20 bits per heavy atom. The number of nitrogens with one attached hydrogen (secondary N) is 1. The molecule has 4 heteroatoms. The zero-order valence-electron chi connectivity index (χ0n) is 9.53. The summed E-state index contributed by atoms with van der Waals surface area (Å²) in [6.07, 6.45) is 0. The Balaban J connectivity index is 2.71. The third-order valence-corrected chi connectivity index (χ3v) is 3.39. The molecule has 0 aliphatic rings. The van der Waals surface area contributed by atoms with Crippen LogP contribution in [0, 0.1) is 5.41 Å². The molecular formula is C11H19N3S. The smallest absolute Gasteiger partial charge is 0.108 e. The molecule has 1 heterocycles. The molecule has 0 aliphatic heterocycles. The summed E-state index contributed by atoms with van der Waals surface area (Å²) in [4.78, 5) is 3.55. The fraction of sp³-hybridized carbons (Fsp3) is 0.545. The standard InChI is InChI=1S/C11H19N3S/c1-8(2)14(9(3)11(12)13)7-10-5-4-6-15-10/h4-6,8-9H,7H2,1-3H3,(H3,12,13). The van der Waals surface area contributed by atoms with Crippen molar-refractivity contribution < 1.29 is 0 Å². The zero-order valence-corrected chi connectivity index (χ0v) is 10.3. The molecule has 3 N–H and O–H groups in total. The first kappa shape index (κ1) is 12.2. The van der Waals surface area contributed by atoms with Crippen molar-refractivity contribution in [3.63, 3.8) is 0 Å². The third kappa shape index (κ3) is 3.32.